The summed E-state index contributed by atoms with van der Waals surface area (Å²) in [5, 5.41) is 0. The lowest BCUT2D eigenvalue weighted by atomic mass is 9.95. The Morgan fingerprint density at radius 3 is 2.40 bits per heavy atom. The van der Waals surface area contributed by atoms with Gasteiger partial charge in [-0.15, -0.1) is 0 Å². The molecule has 0 saturated heterocycles. The van der Waals surface area contributed by atoms with Gasteiger partial charge < -0.3 is 10.5 Å². The molecule has 0 aliphatic carbocycles. The standard InChI is InChI=1S/C17H19NO2/c1-4-20-17-12(3)10-9-11(2)15(17)16(19)13-7-5-6-8-14(13)18/h5-10H,4,18H2,1-3H3. The molecular weight excluding hydrogens is 250 g/mol. The molecule has 20 heavy (non-hydrogen) atoms. The quantitative estimate of drug-likeness (QED) is 0.682. The Labute approximate surface area is 119 Å². The van der Waals surface area contributed by atoms with Crippen molar-refractivity contribution in [1.29, 1.82) is 0 Å². The fourth-order valence-electron chi connectivity index (χ4n) is 2.24. The fourth-order valence-corrected chi connectivity index (χ4v) is 2.24. The second-order valence-corrected chi connectivity index (χ2v) is 4.75. The van der Waals surface area contributed by atoms with Crippen LogP contribution in [-0.4, -0.2) is 12.4 Å². The van der Waals surface area contributed by atoms with Crippen molar-refractivity contribution in [3.05, 3.63) is 58.7 Å². The number of aryl methyl sites for hydroxylation is 2. The summed E-state index contributed by atoms with van der Waals surface area (Å²) >= 11 is 0. The maximum Gasteiger partial charge on any atom is 0.199 e. The Balaban J connectivity index is 2.60. The van der Waals surface area contributed by atoms with Gasteiger partial charge in [-0.05, 0) is 44.0 Å². The summed E-state index contributed by atoms with van der Waals surface area (Å²) in [6.45, 7) is 6.28. The lowest BCUT2D eigenvalue weighted by Crippen LogP contribution is -2.10. The van der Waals surface area contributed by atoms with Gasteiger partial charge in [0.2, 0.25) is 0 Å². The number of anilines is 1. The van der Waals surface area contributed by atoms with E-state index in [0.717, 1.165) is 11.1 Å². The van der Waals surface area contributed by atoms with Crippen molar-refractivity contribution in [3.63, 3.8) is 0 Å². The van der Waals surface area contributed by atoms with Gasteiger partial charge in [0.25, 0.3) is 0 Å². The third kappa shape index (κ3) is 2.52. The highest BCUT2D eigenvalue weighted by atomic mass is 16.5. The largest absolute Gasteiger partial charge is 0.493 e. The first-order valence-electron chi connectivity index (χ1n) is 6.68. The van der Waals surface area contributed by atoms with Crippen molar-refractivity contribution >= 4 is 11.5 Å². The van der Waals surface area contributed by atoms with Gasteiger partial charge in [0, 0.05) is 11.3 Å². The lowest BCUT2D eigenvalue weighted by molar-refractivity contribution is 0.103. The van der Waals surface area contributed by atoms with Gasteiger partial charge in [0.05, 0.1) is 12.2 Å². The molecule has 2 rings (SSSR count). The van der Waals surface area contributed by atoms with E-state index in [9.17, 15) is 4.79 Å². The molecule has 0 aliphatic heterocycles. The Morgan fingerprint density at radius 1 is 1.10 bits per heavy atom. The molecule has 0 aromatic heterocycles. The Morgan fingerprint density at radius 2 is 1.75 bits per heavy atom. The average molecular weight is 269 g/mol. The van der Waals surface area contributed by atoms with E-state index in [-0.39, 0.29) is 5.78 Å². The van der Waals surface area contributed by atoms with Crippen LogP contribution in [0.2, 0.25) is 0 Å². The highest BCUT2D eigenvalue weighted by Gasteiger charge is 2.20. The summed E-state index contributed by atoms with van der Waals surface area (Å²) < 4.78 is 5.67. The molecule has 0 atom stereocenters. The van der Waals surface area contributed by atoms with Crippen LogP contribution < -0.4 is 10.5 Å². The molecule has 2 aromatic rings. The van der Waals surface area contributed by atoms with E-state index < -0.39 is 0 Å². The van der Waals surface area contributed by atoms with Crippen LogP contribution in [0, 0.1) is 13.8 Å². The predicted octanol–water partition coefficient (Wildman–Crippen LogP) is 3.52. The van der Waals surface area contributed by atoms with E-state index in [0.29, 0.717) is 29.2 Å². The Bertz CT molecular complexity index is 647. The zero-order chi connectivity index (χ0) is 14.7. The van der Waals surface area contributed by atoms with Gasteiger partial charge in [-0.2, -0.15) is 0 Å². The second-order valence-electron chi connectivity index (χ2n) is 4.75. The van der Waals surface area contributed by atoms with Crippen molar-refractivity contribution < 1.29 is 9.53 Å². The summed E-state index contributed by atoms with van der Waals surface area (Å²) in [5.74, 6) is 0.563. The SMILES string of the molecule is CCOc1c(C)ccc(C)c1C(=O)c1ccccc1N. The van der Waals surface area contributed by atoms with Crippen molar-refractivity contribution in [1.82, 2.24) is 0 Å². The molecule has 0 unspecified atom stereocenters. The molecule has 3 heteroatoms. The van der Waals surface area contributed by atoms with Crippen molar-refractivity contribution in [3.8, 4) is 5.75 Å². The fraction of sp³-hybridized carbons (Fsp3) is 0.235. The number of rotatable bonds is 4. The molecular formula is C17H19NO2. The first-order valence-corrected chi connectivity index (χ1v) is 6.68. The normalized spacial score (nSPS) is 10.3. The smallest absolute Gasteiger partial charge is 0.199 e. The summed E-state index contributed by atoms with van der Waals surface area (Å²) in [4.78, 5) is 12.8. The maximum absolute atomic E-state index is 12.8. The molecule has 2 aromatic carbocycles. The summed E-state index contributed by atoms with van der Waals surface area (Å²) in [6, 6.07) is 11.0. The molecule has 0 bridgehead atoms. The number of ketones is 1. The molecule has 0 amide bonds. The summed E-state index contributed by atoms with van der Waals surface area (Å²) in [6.07, 6.45) is 0. The van der Waals surface area contributed by atoms with Crippen molar-refractivity contribution in [2.75, 3.05) is 12.3 Å². The number of carbonyl (C=O) groups is 1. The molecule has 0 spiro atoms. The number of nitrogen functional groups attached to an aromatic ring is 1. The van der Waals surface area contributed by atoms with Crippen LogP contribution in [0.4, 0.5) is 5.69 Å². The minimum Gasteiger partial charge on any atom is -0.493 e. The third-order valence-corrected chi connectivity index (χ3v) is 3.28. The molecule has 0 saturated carbocycles. The van der Waals surface area contributed by atoms with Gasteiger partial charge in [0.15, 0.2) is 5.78 Å². The van der Waals surface area contributed by atoms with E-state index in [4.69, 9.17) is 10.5 Å². The second kappa shape index (κ2) is 5.78. The summed E-state index contributed by atoms with van der Waals surface area (Å²) in [7, 11) is 0. The molecule has 0 aliphatic rings. The van der Waals surface area contributed by atoms with E-state index in [2.05, 4.69) is 0 Å². The van der Waals surface area contributed by atoms with Crippen LogP contribution in [-0.2, 0) is 0 Å². The number of hydrogen-bond donors (Lipinski definition) is 1. The van der Waals surface area contributed by atoms with E-state index in [1.165, 1.54) is 0 Å². The predicted molar refractivity (Wildman–Crippen MR) is 81.4 cm³/mol. The first-order chi connectivity index (χ1) is 9.56. The number of carbonyl (C=O) groups excluding carboxylic acids is 1. The highest BCUT2D eigenvalue weighted by Crippen LogP contribution is 2.30. The number of nitrogens with two attached hydrogens (primary N) is 1. The van der Waals surface area contributed by atoms with Gasteiger partial charge in [-0.25, -0.2) is 0 Å². The van der Waals surface area contributed by atoms with Gasteiger partial charge in [-0.3, -0.25) is 4.79 Å². The van der Waals surface area contributed by atoms with Crippen molar-refractivity contribution in [2.45, 2.75) is 20.8 Å². The van der Waals surface area contributed by atoms with Crippen molar-refractivity contribution in [2.24, 2.45) is 0 Å². The zero-order valence-electron chi connectivity index (χ0n) is 12.1. The van der Waals surface area contributed by atoms with Crippen LogP contribution in [0.3, 0.4) is 0 Å². The van der Waals surface area contributed by atoms with Crippen LogP contribution in [0.1, 0.15) is 34.0 Å². The minimum atomic E-state index is -0.0900. The number of ether oxygens (including phenoxy) is 1. The number of para-hydroxylation sites is 1. The van der Waals surface area contributed by atoms with Gasteiger partial charge >= 0.3 is 0 Å². The Hall–Kier alpha value is -2.29. The van der Waals surface area contributed by atoms with Crippen LogP contribution >= 0.6 is 0 Å². The topological polar surface area (TPSA) is 52.3 Å². The van der Waals surface area contributed by atoms with Gasteiger partial charge in [0.1, 0.15) is 5.75 Å². The van der Waals surface area contributed by atoms with Gasteiger partial charge in [-0.1, -0.05) is 24.3 Å². The molecule has 104 valence electrons. The first kappa shape index (κ1) is 14.1. The zero-order valence-corrected chi connectivity index (χ0v) is 12.1. The van der Waals surface area contributed by atoms with Crippen LogP contribution in [0.15, 0.2) is 36.4 Å². The number of benzene rings is 2. The highest BCUT2D eigenvalue weighted by molar-refractivity contribution is 6.14. The molecule has 3 nitrogen and oxygen atoms in total. The van der Waals surface area contributed by atoms with E-state index in [1.54, 1.807) is 12.1 Å². The summed E-state index contributed by atoms with van der Waals surface area (Å²) in [5.41, 5.74) is 9.36. The van der Waals surface area contributed by atoms with E-state index in [1.807, 2.05) is 45.0 Å². The molecule has 0 radical (unpaired) electrons. The average Bonchev–Trinajstić information content (AvgIpc) is 2.43. The molecule has 0 heterocycles. The maximum atomic E-state index is 12.8. The molecule has 2 N–H and O–H groups in total. The van der Waals surface area contributed by atoms with Crippen LogP contribution in [0.5, 0.6) is 5.75 Å². The Kier molecular flexibility index (Phi) is 4.08. The monoisotopic (exact) mass is 269 g/mol. The van der Waals surface area contributed by atoms with E-state index >= 15 is 0 Å². The number of hydrogen-bond acceptors (Lipinski definition) is 3. The van der Waals surface area contributed by atoms with Crippen LogP contribution in [0.25, 0.3) is 0 Å². The third-order valence-electron chi connectivity index (χ3n) is 3.28. The molecule has 0 fully saturated rings. The lowest BCUT2D eigenvalue weighted by Gasteiger charge is -2.15. The minimum absolute atomic E-state index is 0.0900.